The summed E-state index contributed by atoms with van der Waals surface area (Å²) in [6.45, 7) is 3.91. The van der Waals surface area contributed by atoms with Gasteiger partial charge in [0.05, 0.1) is 13.0 Å². The standard InChI is InChI=1S/C8H16N2O2/c1-6-3-7(5-9-4-6)8(11)10-12-2/h6-7,9H,3-5H2,1-2H3,(H,10,11). The van der Waals surface area contributed by atoms with Crippen molar-refractivity contribution in [1.29, 1.82) is 0 Å². The lowest BCUT2D eigenvalue weighted by molar-refractivity contribution is -0.136. The Hall–Kier alpha value is -0.610. The average molecular weight is 172 g/mol. The van der Waals surface area contributed by atoms with Crippen molar-refractivity contribution in [3.63, 3.8) is 0 Å². The van der Waals surface area contributed by atoms with Crippen LogP contribution in [0.4, 0.5) is 0 Å². The predicted octanol–water partition coefficient (Wildman–Crippen LogP) is -0.0904. The molecule has 1 amide bonds. The summed E-state index contributed by atoms with van der Waals surface area (Å²) in [5, 5.41) is 3.21. The van der Waals surface area contributed by atoms with Gasteiger partial charge in [-0.25, -0.2) is 5.48 Å². The first-order valence-electron chi connectivity index (χ1n) is 4.27. The number of carbonyl (C=O) groups is 1. The number of nitrogens with one attached hydrogen (secondary N) is 2. The number of carbonyl (C=O) groups excluding carboxylic acids is 1. The highest BCUT2D eigenvalue weighted by atomic mass is 16.6. The highest BCUT2D eigenvalue weighted by Crippen LogP contribution is 2.15. The van der Waals surface area contributed by atoms with Gasteiger partial charge in [-0.15, -0.1) is 0 Å². The molecule has 1 saturated heterocycles. The van der Waals surface area contributed by atoms with Crippen LogP contribution in [-0.2, 0) is 9.63 Å². The Morgan fingerprint density at radius 3 is 2.92 bits per heavy atom. The zero-order valence-corrected chi connectivity index (χ0v) is 7.59. The Balaban J connectivity index is 2.35. The number of rotatable bonds is 2. The van der Waals surface area contributed by atoms with Crippen LogP contribution >= 0.6 is 0 Å². The van der Waals surface area contributed by atoms with Gasteiger partial charge < -0.3 is 5.32 Å². The van der Waals surface area contributed by atoms with Gasteiger partial charge in [-0.2, -0.15) is 0 Å². The van der Waals surface area contributed by atoms with Gasteiger partial charge in [-0.1, -0.05) is 6.92 Å². The molecule has 0 spiro atoms. The maximum Gasteiger partial charge on any atom is 0.247 e. The molecule has 0 saturated carbocycles. The number of amides is 1. The van der Waals surface area contributed by atoms with E-state index in [1.54, 1.807) is 0 Å². The Morgan fingerprint density at radius 1 is 1.58 bits per heavy atom. The molecule has 2 unspecified atom stereocenters. The summed E-state index contributed by atoms with van der Waals surface area (Å²) in [5.74, 6) is 0.622. The summed E-state index contributed by atoms with van der Waals surface area (Å²) in [6, 6.07) is 0. The molecular weight excluding hydrogens is 156 g/mol. The van der Waals surface area contributed by atoms with Crippen molar-refractivity contribution in [3.05, 3.63) is 0 Å². The van der Waals surface area contributed by atoms with Crippen LogP contribution in [0.15, 0.2) is 0 Å². The van der Waals surface area contributed by atoms with Crippen LogP contribution in [0.25, 0.3) is 0 Å². The fourth-order valence-electron chi connectivity index (χ4n) is 1.54. The smallest absolute Gasteiger partial charge is 0.247 e. The van der Waals surface area contributed by atoms with Gasteiger partial charge in [0.2, 0.25) is 5.91 Å². The van der Waals surface area contributed by atoms with E-state index >= 15 is 0 Å². The van der Waals surface area contributed by atoms with Gasteiger partial charge in [0.1, 0.15) is 0 Å². The van der Waals surface area contributed by atoms with Crippen molar-refractivity contribution < 1.29 is 9.63 Å². The summed E-state index contributed by atoms with van der Waals surface area (Å²) in [6.07, 6.45) is 0.947. The van der Waals surface area contributed by atoms with Gasteiger partial charge in [-0.05, 0) is 18.9 Å². The van der Waals surface area contributed by atoms with E-state index in [1.807, 2.05) is 0 Å². The van der Waals surface area contributed by atoms with Crippen LogP contribution < -0.4 is 10.8 Å². The van der Waals surface area contributed by atoms with Crippen molar-refractivity contribution in [2.75, 3.05) is 20.2 Å². The Morgan fingerprint density at radius 2 is 2.33 bits per heavy atom. The molecule has 0 bridgehead atoms. The maximum atomic E-state index is 11.3. The highest BCUT2D eigenvalue weighted by molar-refractivity contribution is 5.77. The van der Waals surface area contributed by atoms with Crippen LogP contribution in [0.1, 0.15) is 13.3 Å². The molecule has 1 fully saturated rings. The molecule has 0 aromatic rings. The molecule has 1 aliphatic heterocycles. The molecular formula is C8H16N2O2. The van der Waals surface area contributed by atoms with Crippen LogP contribution in [0, 0.1) is 11.8 Å². The Labute approximate surface area is 72.6 Å². The molecule has 1 heterocycles. The quantitative estimate of drug-likeness (QED) is 0.572. The van der Waals surface area contributed by atoms with E-state index in [4.69, 9.17) is 0 Å². The fourth-order valence-corrected chi connectivity index (χ4v) is 1.54. The third-order valence-corrected chi connectivity index (χ3v) is 2.14. The van der Waals surface area contributed by atoms with Crippen LogP contribution in [-0.4, -0.2) is 26.1 Å². The zero-order chi connectivity index (χ0) is 8.97. The van der Waals surface area contributed by atoms with E-state index in [2.05, 4.69) is 22.6 Å². The molecule has 0 aliphatic carbocycles. The summed E-state index contributed by atoms with van der Waals surface area (Å²) < 4.78 is 0. The molecule has 0 radical (unpaired) electrons. The molecule has 4 heteroatoms. The number of hydrogen-bond donors (Lipinski definition) is 2. The largest absolute Gasteiger partial charge is 0.316 e. The van der Waals surface area contributed by atoms with E-state index in [1.165, 1.54) is 7.11 Å². The van der Waals surface area contributed by atoms with E-state index < -0.39 is 0 Å². The summed E-state index contributed by atoms with van der Waals surface area (Å²) in [4.78, 5) is 15.8. The molecule has 0 aromatic carbocycles. The minimum absolute atomic E-state index is 0.0171. The number of hydrogen-bond acceptors (Lipinski definition) is 3. The lowest BCUT2D eigenvalue weighted by Gasteiger charge is -2.26. The van der Waals surface area contributed by atoms with Gasteiger partial charge in [-0.3, -0.25) is 9.63 Å². The van der Waals surface area contributed by atoms with E-state index in [0.717, 1.165) is 19.5 Å². The maximum absolute atomic E-state index is 11.3. The first-order chi connectivity index (χ1) is 5.74. The minimum Gasteiger partial charge on any atom is -0.316 e. The fraction of sp³-hybridized carbons (Fsp3) is 0.875. The first kappa shape index (κ1) is 9.48. The highest BCUT2D eigenvalue weighted by Gasteiger charge is 2.24. The molecule has 12 heavy (non-hydrogen) atoms. The molecule has 2 N–H and O–H groups in total. The Kier molecular flexibility index (Phi) is 3.49. The summed E-state index contributed by atoms with van der Waals surface area (Å²) in [5.41, 5.74) is 2.36. The lowest BCUT2D eigenvalue weighted by Crippen LogP contribution is -2.43. The first-order valence-corrected chi connectivity index (χ1v) is 4.27. The lowest BCUT2D eigenvalue weighted by atomic mass is 9.91. The second kappa shape index (κ2) is 4.42. The van der Waals surface area contributed by atoms with Crippen LogP contribution in [0.2, 0.25) is 0 Å². The third-order valence-electron chi connectivity index (χ3n) is 2.14. The zero-order valence-electron chi connectivity index (χ0n) is 7.59. The van der Waals surface area contributed by atoms with Gasteiger partial charge in [0, 0.05) is 6.54 Å². The topological polar surface area (TPSA) is 50.4 Å². The van der Waals surface area contributed by atoms with Crippen molar-refractivity contribution in [3.8, 4) is 0 Å². The van der Waals surface area contributed by atoms with E-state index in [9.17, 15) is 4.79 Å². The molecule has 2 atom stereocenters. The van der Waals surface area contributed by atoms with Crippen molar-refractivity contribution in [2.24, 2.45) is 11.8 Å². The second-order valence-electron chi connectivity index (χ2n) is 3.37. The molecule has 70 valence electrons. The van der Waals surface area contributed by atoms with Gasteiger partial charge in [0.15, 0.2) is 0 Å². The molecule has 1 aliphatic rings. The molecule has 0 aromatic heterocycles. The van der Waals surface area contributed by atoms with Crippen molar-refractivity contribution in [1.82, 2.24) is 10.8 Å². The van der Waals surface area contributed by atoms with Crippen molar-refractivity contribution >= 4 is 5.91 Å². The summed E-state index contributed by atoms with van der Waals surface area (Å²) >= 11 is 0. The average Bonchev–Trinajstić information content (AvgIpc) is 2.05. The SMILES string of the molecule is CONC(=O)C1CNCC(C)C1. The second-order valence-corrected chi connectivity index (χ2v) is 3.37. The summed E-state index contributed by atoms with van der Waals surface area (Å²) in [7, 11) is 1.46. The van der Waals surface area contributed by atoms with Crippen LogP contribution in [0.5, 0.6) is 0 Å². The monoisotopic (exact) mass is 172 g/mol. The van der Waals surface area contributed by atoms with Crippen LogP contribution in [0.3, 0.4) is 0 Å². The minimum atomic E-state index is -0.0171. The van der Waals surface area contributed by atoms with Crippen molar-refractivity contribution in [2.45, 2.75) is 13.3 Å². The van der Waals surface area contributed by atoms with E-state index in [0.29, 0.717) is 5.92 Å². The number of piperidine rings is 1. The molecule has 1 rings (SSSR count). The normalized spacial score (nSPS) is 29.8. The Bertz CT molecular complexity index is 161. The third kappa shape index (κ3) is 2.46. The van der Waals surface area contributed by atoms with Gasteiger partial charge >= 0.3 is 0 Å². The van der Waals surface area contributed by atoms with Gasteiger partial charge in [0.25, 0.3) is 0 Å². The number of hydroxylamine groups is 1. The predicted molar refractivity (Wildman–Crippen MR) is 45.3 cm³/mol. The molecule has 4 nitrogen and oxygen atoms in total. The van der Waals surface area contributed by atoms with E-state index in [-0.39, 0.29) is 11.8 Å².